The van der Waals surface area contributed by atoms with Gasteiger partial charge in [0, 0.05) is 5.54 Å². The molecule has 0 saturated heterocycles. The van der Waals surface area contributed by atoms with Crippen LogP contribution in [0, 0.1) is 0 Å². The molecular formula is C11H21N. The minimum absolute atomic E-state index is 0.190. The van der Waals surface area contributed by atoms with Crippen LogP contribution in [0.3, 0.4) is 0 Å². The van der Waals surface area contributed by atoms with Crippen molar-refractivity contribution in [1.29, 1.82) is 0 Å². The molecule has 0 aromatic heterocycles. The van der Waals surface area contributed by atoms with Gasteiger partial charge in [0.15, 0.2) is 0 Å². The second-order valence-electron chi connectivity index (χ2n) is 4.38. The SMILES string of the molecule is C=C(C)CCCC1(N)CCCC1. The molecular weight excluding hydrogens is 146 g/mol. The van der Waals surface area contributed by atoms with Gasteiger partial charge in [-0.15, -0.1) is 6.58 Å². The summed E-state index contributed by atoms with van der Waals surface area (Å²) in [6, 6.07) is 0. The van der Waals surface area contributed by atoms with Crippen LogP contribution in [0.25, 0.3) is 0 Å². The molecule has 1 nitrogen and oxygen atoms in total. The summed E-state index contributed by atoms with van der Waals surface area (Å²) in [5.74, 6) is 0. The van der Waals surface area contributed by atoms with Crippen LogP contribution in [0.2, 0.25) is 0 Å². The average molecular weight is 167 g/mol. The van der Waals surface area contributed by atoms with Gasteiger partial charge in [-0.3, -0.25) is 0 Å². The quantitative estimate of drug-likeness (QED) is 0.640. The van der Waals surface area contributed by atoms with E-state index in [1.807, 2.05) is 0 Å². The maximum absolute atomic E-state index is 6.22. The maximum atomic E-state index is 6.22. The van der Waals surface area contributed by atoms with E-state index >= 15 is 0 Å². The summed E-state index contributed by atoms with van der Waals surface area (Å²) in [6.07, 6.45) is 8.73. The van der Waals surface area contributed by atoms with Crippen molar-refractivity contribution >= 4 is 0 Å². The summed E-state index contributed by atoms with van der Waals surface area (Å²) >= 11 is 0. The van der Waals surface area contributed by atoms with Gasteiger partial charge in [-0.05, 0) is 39.0 Å². The molecule has 0 heterocycles. The Morgan fingerprint density at radius 1 is 1.42 bits per heavy atom. The fraction of sp³-hybridized carbons (Fsp3) is 0.818. The van der Waals surface area contributed by atoms with Crippen molar-refractivity contribution < 1.29 is 0 Å². The molecule has 1 fully saturated rings. The van der Waals surface area contributed by atoms with Gasteiger partial charge in [-0.2, -0.15) is 0 Å². The fourth-order valence-corrected chi connectivity index (χ4v) is 2.07. The molecule has 0 spiro atoms. The largest absolute Gasteiger partial charge is 0.325 e. The van der Waals surface area contributed by atoms with Crippen LogP contribution in [0.1, 0.15) is 51.9 Å². The predicted octanol–water partition coefficient (Wildman–Crippen LogP) is 3.00. The molecule has 2 N–H and O–H groups in total. The van der Waals surface area contributed by atoms with E-state index in [1.165, 1.54) is 44.1 Å². The van der Waals surface area contributed by atoms with Gasteiger partial charge < -0.3 is 5.73 Å². The topological polar surface area (TPSA) is 26.0 Å². The third-order valence-electron chi connectivity index (χ3n) is 2.88. The molecule has 0 aliphatic heterocycles. The third-order valence-corrected chi connectivity index (χ3v) is 2.88. The summed E-state index contributed by atoms with van der Waals surface area (Å²) < 4.78 is 0. The second kappa shape index (κ2) is 4.08. The van der Waals surface area contributed by atoms with E-state index in [-0.39, 0.29) is 5.54 Å². The lowest BCUT2D eigenvalue weighted by Gasteiger charge is -2.23. The van der Waals surface area contributed by atoms with Crippen molar-refractivity contribution in [3.05, 3.63) is 12.2 Å². The minimum Gasteiger partial charge on any atom is -0.325 e. The molecule has 1 heteroatoms. The van der Waals surface area contributed by atoms with Crippen molar-refractivity contribution in [2.75, 3.05) is 0 Å². The van der Waals surface area contributed by atoms with Crippen LogP contribution in [0.5, 0.6) is 0 Å². The van der Waals surface area contributed by atoms with Gasteiger partial charge in [0.1, 0.15) is 0 Å². The Balaban J connectivity index is 2.17. The summed E-state index contributed by atoms with van der Waals surface area (Å²) in [7, 11) is 0. The van der Waals surface area contributed by atoms with Crippen molar-refractivity contribution in [2.45, 2.75) is 57.4 Å². The normalized spacial score (nSPS) is 21.2. The highest BCUT2D eigenvalue weighted by Gasteiger charge is 2.28. The average Bonchev–Trinajstić information content (AvgIpc) is 2.35. The fourth-order valence-electron chi connectivity index (χ4n) is 2.07. The van der Waals surface area contributed by atoms with Gasteiger partial charge in [-0.25, -0.2) is 0 Å². The van der Waals surface area contributed by atoms with Crippen molar-refractivity contribution in [2.24, 2.45) is 5.73 Å². The molecule has 12 heavy (non-hydrogen) atoms. The standard InChI is InChI=1S/C11H21N/c1-10(2)6-5-9-11(12)7-3-4-8-11/h1,3-9,12H2,2H3. The summed E-state index contributed by atoms with van der Waals surface area (Å²) in [4.78, 5) is 0. The van der Waals surface area contributed by atoms with E-state index in [0.29, 0.717) is 0 Å². The van der Waals surface area contributed by atoms with Gasteiger partial charge in [0.25, 0.3) is 0 Å². The predicted molar refractivity (Wildman–Crippen MR) is 54.1 cm³/mol. The molecule has 1 aliphatic carbocycles. The van der Waals surface area contributed by atoms with Gasteiger partial charge in [-0.1, -0.05) is 18.4 Å². The van der Waals surface area contributed by atoms with Crippen molar-refractivity contribution in [1.82, 2.24) is 0 Å². The lowest BCUT2D eigenvalue weighted by atomic mass is 9.91. The summed E-state index contributed by atoms with van der Waals surface area (Å²) in [5.41, 5.74) is 7.69. The van der Waals surface area contributed by atoms with Crippen LogP contribution < -0.4 is 5.73 Å². The Hall–Kier alpha value is -0.300. The van der Waals surface area contributed by atoms with Crippen molar-refractivity contribution in [3.8, 4) is 0 Å². The van der Waals surface area contributed by atoms with E-state index in [2.05, 4.69) is 13.5 Å². The zero-order valence-corrected chi connectivity index (χ0v) is 8.23. The molecule has 0 aromatic rings. The molecule has 0 amide bonds. The van der Waals surface area contributed by atoms with Gasteiger partial charge >= 0.3 is 0 Å². The van der Waals surface area contributed by atoms with Gasteiger partial charge in [0.2, 0.25) is 0 Å². The Labute approximate surface area is 76.0 Å². The van der Waals surface area contributed by atoms with E-state index in [1.54, 1.807) is 0 Å². The molecule has 0 bridgehead atoms. The smallest absolute Gasteiger partial charge is 0.0154 e. The highest BCUT2D eigenvalue weighted by atomic mass is 14.7. The maximum Gasteiger partial charge on any atom is 0.0154 e. The molecule has 0 radical (unpaired) electrons. The lowest BCUT2D eigenvalue weighted by molar-refractivity contribution is 0.393. The van der Waals surface area contributed by atoms with E-state index in [9.17, 15) is 0 Å². The number of rotatable bonds is 4. The Kier molecular flexibility index (Phi) is 3.33. The van der Waals surface area contributed by atoms with Crippen LogP contribution in [0.4, 0.5) is 0 Å². The minimum atomic E-state index is 0.190. The summed E-state index contributed by atoms with van der Waals surface area (Å²) in [6.45, 7) is 6.00. The second-order valence-corrected chi connectivity index (χ2v) is 4.38. The molecule has 0 atom stereocenters. The first-order valence-corrected chi connectivity index (χ1v) is 5.06. The zero-order valence-electron chi connectivity index (χ0n) is 8.23. The van der Waals surface area contributed by atoms with E-state index in [0.717, 1.165) is 6.42 Å². The first-order valence-electron chi connectivity index (χ1n) is 5.06. The van der Waals surface area contributed by atoms with E-state index < -0.39 is 0 Å². The first-order chi connectivity index (χ1) is 5.62. The molecule has 70 valence electrons. The Morgan fingerprint density at radius 2 is 2.00 bits per heavy atom. The van der Waals surface area contributed by atoms with Crippen LogP contribution in [-0.4, -0.2) is 5.54 Å². The van der Waals surface area contributed by atoms with Crippen LogP contribution in [0.15, 0.2) is 12.2 Å². The Morgan fingerprint density at radius 3 is 2.50 bits per heavy atom. The molecule has 1 aliphatic rings. The molecule has 0 aromatic carbocycles. The third kappa shape index (κ3) is 2.98. The Bertz CT molecular complexity index is 154. The number of allylic oxidation sites excluding steroid dienone is 1. The first kappa shape index (κ1) is 9.79. The number of nitrogens with two attached hydrogens (primary N) is 1. The van der Waals surface area contributed by atoms with Gasteiger partial charge in [0.05, 0.1) is 0 Å². The summed E-state index contributed by atoms with van der Waals surface area (Å²) in [5, 5.41) is 0. The van der Waals surface area contributed by atoms with Crippen molar-refractivity contribution in [3.63, 3.8) is 0 Å². The van der Waals surface area contributed by atoms with Crippen LogP contribution in [-0.2, 0) is 0 Å². The zero-order chi connectivity index (χ0) is 9.03. The highest BCUT2D eigenvalue weighted by molar-refractivity contribution is 4.92. The number of hydrogen-bond acceptors (Lipinski definition) is 1. The molecule has 1 rings (SSSR count). The number of hydrogen-bond donors (Lipinski definition) is 1. The highest BCUT2D eigenvalue weighted by Crippen LogP contribution is 2.31. The molecule has 0 unspecified atom stereocenters. The lowest BCUT2D eigenvalue weighted by Crippen LogP contribution is -2.35. The molecule has 1 saturated carbocycles. The van der Waals surface area contributed by atoms with E-state index in [4.69, 9.17) is 5.73 Å². The monoisotopic (exact) mass is 167 g/mol. The van der Waals surface area contributed by atoms with Crippen LogP contribution >= 0.6 is 0 Å².